The van der Waals surface area contributed by atoms with Crippen molar-refractivity contribution in [3.63, 3.8) is 0 Å². The predicted octanol–water partition coefficient (Wildman–Crippen LogP) is 4.03. The molecule has 0 fully saturated rings. The maximum absolute atomic E-state index is 6.01. The van der Waals surface area contributed by atoms with Gasteiger partial charge in [0.1, 0.15) is 0 Å². The highest BCUT2D eigenvalue weighted by Gasteiger charge is 2.12. The second kappa shape index (κ2) is 7.48. The zero-order valence-electron chi connectivity index (χ0n) is 9.47. The van der Waals surface area contributed by atoms with Crippen LogP contribution in [-0.2, 0) is 0 Å². The summed E-state index contributed by atoms with van der Waals surface area (Å²) in [6.07, 6.45) is 4.72. The van der Waals surface area contributed by atoms with Crippen LogP contribution in [0, 0.1) is 3.57 Å². The fourth-order valence-electron chi connectivity index (χ4n) is 1.71. The van der Waals surface area contributed by atoms with Gasteiger partial charge in [-0.15, -0.1) is 0 Å². The van der Waals surface area contributed by atoms with E-state index in [2.05, 4.69) is 34.9 Å². The molecule has 0 radical (unpaired) electrons. The monoisotopic (exact) mass is 352 g/mol. The third kappa shape index (κ3) is 4.20. The van der Waals surface area contributed by atoms with Crippen LogP contribution in [0.3, 0.4) is 0 Å². The van der Waals surface area contributed by atoms with Crippen LogP contribution in [0.4, 0.5) is 0 Å². The van der Waals surface area contributed by atoms with Crippen LogP contribution in [0.5, 0.6) is 0 Å². The maximum Gasteiger partial charge on any atom is 0.0471 e. The lowest BCUT2D eigenvalue weighted by Crippen LogP contribution is -2.28. The van der Waals surface area contributed by atoms with Gasteiger partial charge in [0.2, 0.25) is 0 Å². The summed E-state index contributed by atoms with van der Waals surface area (Å²) in [5.41, 5.74) is 4.08. The van der Waals surface area contributed by atoms with Crippen molar-refractivity contribution >= 4 is 34.2 Å². The molecule has 0 aromatic heterocycles. The first-order chi connectivity index (χ1) is 7.69. The summed E-state index contributed by atoms with van der Waals surface area (Å²) >= 11 is 8.33. The van der Waals surface area contributed by atoms with Crippen molar-refractivity contribution < 1.29 is 0 Å². The van der Waals surface area contributed by atoms with Crippen molar-refractivity contribution in [2.24, 2.45) is 5.84 Å². The Labute approximate surface area is 116 Å². The summed E-state index contributed by atoms with van der Waals surface area (Å²) in [7, 11) is 0. The largest absolute Gasteiger partial charge is 0.271 e. The molecule has 1 aromatic carbocycles. The Hall–Kier alpha value is 0.160. The third-order valence-corrected chi connectivity index (χ3v) is 3.85. The molecule has 4 heteroatoms. The number of benzene rings is 1. The second-order valence-corrected chi connectivity index (χ2v) is 5.48. The molecule has 0 saturated carbocycles. The van der Waals surface area contributed by atoms with Gasteiger partial charge in [0.05, 0.1) is 0 Å². The van der Waals surface area contributed by atoms with Gasteiger partial charge < -0.3 is 0 Å². The van der Waals surface area contributed by atoms with Gasteiger partial charge in [-0.25, -0.2) is 0 Å². The number of hydrogen-bond donors (Lipinski definition) is 2. The molecule has 90 valence electrons. The van der Waals surface area contributed by atoms with Gasteiger partial charge in [0.15, 0.2) is 0 Å². The van der Waals surface area contributed by atoms with Crippen molar-refractivity contribution in [2.75, 3.05) is 0 Å². The SMILES string of the molecule is CCCCCC(NN)c1cc(Cl)ccc1I. The Balaban J connectivity index is 2.73. The predicted molar refractivity (Wildman–Crippen MR) is 78.4 cm³/mol. The van der Waals surface area contributed by atoms with Gasteiger partial charge in [-0.05, 0) is 52.8 Å². The first kappa shape index (κ1) is 14.2. The first-order valence-electron chi connectivity index (χ1n) is 5.60. The van der Waals surface area contributed by atoms with Crippen LogP contribution in [0.25, 0.3) is 0 Å². The Morgan fingerprint density at radius 3 is 2.81 bits per heavy atom. The van der Waals surface area contributed by atoms with E-state index >= 15 is 0 Å². The number of rotatable bonds is 6. The van der Waals surface area contributed by atoms with E-state index in [9.17, 15) is 0 Å². The molecule has 0 bridgehead atoms. The van der Waals surface area contributed by atoms with Gasteiger partial charge in [-0.3, -0.25) is 11.3 Å². The summed E-state index contributed by atoms with van der Waals surface area (Å²) in [4.78, 5) is 0. The van der Waals surface area contributed by atoms with Crippen LogP contribution in [0.15, 0.2) is 18.2 Å². The van der Waals surface area contributed by atoms with E-state index in [1.807, 2.05) is 18.2 Å². The summed E-state index contributed by atoms with van der Waals surface area (Å²) in [5, 5.41) is 0.770. The van der Waals surface area contributed by atoms with Gasteiger partial charge in [0.25, 0.3) is 0 Å². The number of nitrogens with two attached hydrogens (primary N) is 1. The van der Waals surface area contributed by atoms with E-state index in [-0.39, 0.29) is 6.04 Å². The maximum atomic E-state index is 6.01. The van der Waals surface area contributed by atoms with E-state index in [0.717, 1.165) is 11.4 Å². The highest BCUT2D eigenvalue weighted by Crippen LogP contribution is 2.26. The van der Waals surface area contributed by atoms with Crippen molar-refractivity contribution in [3.8, 4) is 0 Å². The molecule has 0 heterocycles. The second-order valence-electron chi connectivity index (χ2n) is 3.88. The average molecular weight is 353 g/mol. The Morgan fingerprint density at radius 1 is 1.44 bits per heavy atom. The van der Waals surface area contributed by atoms with Crippen LogP contribution < -0.4 is 11.3 Å². The topological polar surface area (TPSA) is 38.0 Å². The minimum Gasteiger partial charge on any atom is -0.271 e. The molecule has 0 saturated heterocycles. The van der Waals surface area contributed by atoms with E-state index in [0.29, 0.717) is 0 Å². The van der Waals surface area contributed by atoms with E-state index in [1.54, 1.807) is 0 Å². The number of hydrogen-bond acceptors (Lipinski definition) is 2. The average Bonchev–Trinajstić information content (AvgIpc) is 2.28. The zero-order chi connectivity index (χ0) is 12.0. The minimum atomic E-state index is 0.206. The summed E-state index contributed by atoms with van der Waals surface area (Å²) in [6, 6.07) is 6.14. The van der Waals surface area contributed by atoms with E-state index in [1.165, 1.54) is 28.4 Å². The van der Waals surface area contributed by atoms with Gasteiger partial charge in [-0.1, -0.05) is 37.8 Å². The molecule has 2 nitrogen and oxygen atoms in total. The van der Waals surface area contributed by atoms with Gasteiger partial charge in [0, 0.05) is 14.6 Å². The molecular formula is C12H18ClIN2. The summed E-state index contributed by atoms with van der Waals surface area (Å²) in [5.74, 6) is 5.61. The highest BCUT2D eigenvalue weighted by atomic mass is 127. The Morgan fingerprint density at radius 2 is 2.19 bits per heavy atom. The molecule has 1 rings (SSSR count). The summed E-state index contributed by atoms with van der Waals surface area (Å²) in [6.45, 7) is 2.20. The molecule has 0 aliphatic heterocycles. The fraction of sp³-hybridized carbons (Fsp3) is 0.500. The van der Waals surface area contributed by atoms with Crippen LogP contribution in [-0.4, -0.2) is 0 Å². The van der Waals surface area contributed by atoms with Crippen molar-refractivity contribution in [1.82, 2.24) is 5.43 Å². The molecule has 1 unspecified atom stereocenters. The number of hydrazine groups is 1. The van der Waals surface area contributed by atoms with Gasteiger partial charge >= 0.3 is 0 Å². The zero-order valence-corrected chi connectivity index (χ0v) is 12.4. The smallest absolute Gasteiger partial charge is 0.0471 e. The van der Waals surface area contributed by atoms with Gasteiger partial charge in [-0.2, -0.15) is 0 Å². The molecule has 1 aromatic rings. The molecule has 16 heavy (non-hydrogen) atoms. The van der Waals surface area contributed by atoms with Crippen LogP contribution in [0.1, 0.15) is 44.2 Å². The number of halogens is 2. The Bertz CT molecular complexity index is 331. The van der Waals surface area contributed by atoms with E-state index in [4.69, 9.17) is 17.4 Å². The Kier molecular flexibility index (Phi) is 6.65. The van der Waals surface area contributed by atoms with E-state index < -0.39 is 0 Å². The lowest BCUT2D eigenvalue weighted by Gasteiger charge is -2.18. The minimum absolute atomic E-state index is 0.206. The standard InChI is InChI=1S/C12H18ClIN2/c1-2-3-4-5-12(16-15)10-8-9(13)6-7-11(10)14/h6-8,12,16H,2-5,15H2,1H3. The first-order valence-corrected chi connectivity index (χ1v) is 7.05. The van der Waals surface area contributed by atoms with Crippen LogP contribution >= 0.6 is 34.2 Å². The molecule has 1 atom stereocenters. The molecule has 0 amide bonds. The lowest BCUT2D eigenvalue weighted by molar-refractivity contribution is 0.485. The third-order valence-electron chi connectivity index (χ3n) is 2.63. The highest BCUT2D eigenvalue weighted by molar-refractivity contribution is 14.1. The molecule has 0 aliphatic carbocycles. The van der Waals surface area contributed by atoms with Crippen molar-refractivity contribution in [1.29, 1.82) is 0 Å². The fourth-order valence-corrected chi connectivity index (χ4v) is 2.60. The lowest BCUT2D eigenvalue weighted by atomic mass is 10.0. The van der Waals surface area contributed by atoms with Crippen molar-refractivity contribution in [2.45, 2.75) is 38.6 Å². The summed E-state index contributed by atoms with van der Waals surface area (Å²) < 4.78 is 1.21. The number of nitrogens with one attached hydrogen (secondary N) is 1. The van der Waals surface area contributed by atoms with Crippen molar-refractivity contribution in [3.05, 3.63) is 32.4 Å². The molecule has 0 aliphatic rings. The number of unbranched alkanes of at least 4 members (excludes halogenated alkanes) is 2. The molecular weight excluding hydrogens is 335 g/mol. The van der Waals surface area contributed by atoms with Crippen LogP contribution in [0.2, 0.25) is 5.02 Å². The normalized spacial score (nSPS) is 12.8. The quantitative estimate of drug-likeness (QED) is 0.351. The molecule has 0 spiro atoms. The molecule has 3 N–H and O–H groups in total.